The van der Waals surface area contributed by atoms with E-state index in [2.05, 4.69) is 18.9 Å². The highest BCUT2D eigenvalue weighted by Gasteiger charge is 2.22. The predicted molar refractivity (Wildman–Crippen MR) is 54.8 cm³/mol. The molecule has 1 unspecified atom stereocenters. The normalized spacial score (nSPS) is 23.9. The van der Waals surface area contributed by atoms with Crippen LogP contribution in [0.15, 0.2) is 0 Å². The van der Waals surface area contributed by atoms with Crippen LogP contribution in [0.1, 0.15) is 39.0 Å². The van der Waals surface area contributed by atoms with Crippen LogP contribution < -0.4 is 0 Å². The third-order valence-electron chi connectivity index (χ3n) is 2.82. The molecule has 0 saturated heterocycles. The first-order valence-corrected chi connectivity index (χ1v) is 5.45. The van der Waals surface area contributed by atoms with E-state index in [4.69, 9.17) is 0 Å². The van der Waals surface area contributed by atoms with E-state index in [1.807, 2.05) is 0 Å². The van der Waals surface area contributed by atoms with Crippen LogP contribution in [0, 0.1) is 5.92 Å². The van der Waals surface area contributed by atoms with Crippen molar-refractivity contribution in [1.82, 2.24) is 4.90 Å². The largest absolute Gasteiger partial charge is 0.306 e. The van der Waals surface area contributed by atoms with Gasteiger partial charge in [0.2, 0.25) is 0 Å². The molecule has 0 aromatic heterocycles. The molecule has 0 aromatic carbocycles. The fourth-order valence-corrected chi connectivity index (χ4v) is 2.10. The van der Waals surface area contributed by atoms with E-state index >= 15 is 0 Å². The maximum atomic E-state index is 11.5. The lowest BCUT2D eigenvalue weighted by Crippen LogP contribution is -2.32. The van der Waals surface area contributed by atoms with Crippen molar-refractivity contribution in [2.45, 2.75) is 39.0 Å². The molecule has 13 heavy (non-hydrogen) atoms. The quantitative estimate of drug-likeness (QED) is 0.665. The van der Waals surface area contributed by atoms with Crippen molar-refractivity contribution >= 4 is 5.78 Å². The molecule has 0 aromatic rings. The zero-order valence-corrected chi connectivity index (χ0v) is 8.88. The Bertz CT molecular complexity index is 167. The molecular weight excluding hydrogens is 162 g/mol. The Morgan fingerprint density at radius 1 is 1.46 bits per heavy atom. The molecule has 1 saturated carbocycles. The van der Waals surface area contributed by atoms with E-state index in [1.54, 1.807) is 0 Å². The van der Waals surface area contributed by atoms with Gasteiger partial charge >= 0.3 is 0 Å². The van der Waals surface area contributed by atoms with Gasteiger partial charge in [-0.05, 0) is 32.9 Å². The monoisotopic (exact) mass is 183 g/mol. The zero-order chi connectivity index (χ0) is 9.68. The van der Waals surface area contributed by atoms with Crippen molar-refractivity contribution < 1.29 is 4.79 Å². The molecule has 0 radical (unpaired) electrons. The van der Waals surface area contributed by atoms with Crippen molar-refractivity contribution in [2.75, 3.05) is 20.1 Å². The minimum Gasteiger partial charge on any atom is -0.306 e. The highest BCUT2D eigenvalue weighted by atomic mass is 16.1. The number of hydrogen-bond acceptors (Lipinski definition) is 2. The minimum atomic E-state index is 0.338. The molecule has 0 N–H and O–H groups in total. The standard InChI is InChI=1S/C11H21NO/c1-3-8-12(2)9-10-6-4-5-7-11(10)13/h10H,3-9H2,1-2H3. The molecule has 2 heteroatoms. The van der Waals surface area contributed by atoms with Gasteiger partial charge in [-0.15, -0.1) is 0 Å². The maximum Gasteiger partial charge on any atom is 0.137 e. The van der Waals surface area contributed by atoms with E-state index < -0.39 is 0 Å². The van der Waals surface area contributed by atoms with Crippen LogP contribution in [0.2, 0.25) is 0 Å². The Kier molecular flexibility index (Phi) is 4.43. The van der Waals surface area contributed by atoms with E-state index in [-0.39, 0.29) is 0 Å². The van der Waals surface area contributed by atoms with Crippen LogP contribution in [-0.2, 0) is 4.79 Å². The summed E-state index contributed by atoms with van der Waals surface area (Å²) >= 11 is 0. The zero-order valence-electron chi connectivity index (χ0n) is 8.88. The summed E-state index contributed by atoms with van der Waals surface area (Å²) in [7, 11) is 2.12. The molecule has 76 valence electrons. The number of carbonyl (C=O) groups excluding carboxylic acids is 1. The molecule has 1 rings (SSSR count). The number of nitrogens with zero attached hydrogens (tertiary/aromatic N) is 1. The summed E-state index contributed by atoms with van der Waals surface area (Å²) < 4.78 is 0. The van der Waals surface area contributed by atoms with Gasteiger partial charge in [-0.3, -0.25) is 4.79 Å². The van der Waals surface area contributed by atoms with E-state index in [0.29, 0.717) is 11.7 Å². The lowest BCUT2D eigenvalue weighted by atomic mass is 9.87. The van der Waals surface area contributed by atoms with Crippen molar-refractivity contribution in [3.63, 3.8) is 0 Å². The molecule has 0 bridgehead atoms. The molecule has 1 aliphatic rings. The van der Waals surface area contributed by atoms with Crippen LogP contribution in [-0.4, -0.2) is 30.8 Å². The second-order valence-electron chi connectivity index (χ2n) is 4.17. The summed E-state index contributed by atoms with van der Waals surface area (Å²) in [4.78, 5) is 13.8. The summed E-state index contributed by atoms with van der Waals surface area (Å²) in [5.74, 6) is 0.833. The van der Waals surface area contributed by atoms with Crippen molar-refractivity contribution in [3.8, 4) is 0 Å². The smallest absolute Gasteiger partial charge is 0.137 e. The molecule has 0 aliphatic heterocycles. The van der Waals surface area contributed by atoms with Gasteiger partial charge in [-0.1, -0.05) is 13.3 Å². The molecular formula is C11H21NO. The topological polar surface area (TPSA) is 20.3 Å². The van der Waals surface area contributed by atoms with Gasteiger partial charge in [0.25, 0.3) is 0 Å². The Hall–Kier alpha value is -0.370. The third kappa shape index (κ3) is 3.47. The molecule has 0 amide bonds. The second-order valence-corrected chi connectivity index (χ2v) is 4.17. The lowest BCUT2D eigenvalue weighted by Gasteiger charge is -2.25. The number of carbonyl (C=O) groups is 1. The highest BCUT2D eigenvalue weighted by Crippen LogP contribution is 2.21. The van der Waals surface area contributed by atoms with Gasteiger partial charge in [0.15, 0.2) is 0 Å². The van der Waals surface area contributed by atoms with Gasteiger partial charge in [0.05, 0.1) is 0 Å². The first-order chi connectivity index (χ1) is 6.24. The van der Waals surface area contributed by atoms with Crippen molar-refractivity contribution in [3.05, 3.63) is 0 Å². The molecule has 0 heterocycles. The van der Waals surface area contributed by atoms with E-state index in [1.165, 1.54) is 12.8 Å². The highest BCUT2D eigenvalue weighted by molar-refractivity contribution is 5.81. The Labute approximate surface area is 81.3 Å². The van der Waals surface area contributed by atoms with Crippen LogP contribution >= 0.6 is 0 Å². The van der Waals surface area contributed by atoms with Gasteiger partial charge in [-0.2, -0.15) is 0 Å². The molecule has 1 aliphatic carbocycles. The van der Waals surface area contributed by atoms with Crippen LogP contribution in [0.3, 0.4) is 0 Å². The summed E-state index contributed by atoms with van der Waals surface area (Å²) in [6.07, 6.45) is 5.48. The average molecular weight is 183 g/mol. The molecule has 1 fully saturated rings. The number of ketones is 1. The number of rotatable bonds is 4. The SMILES string of the molecule is CCCN(C)CC1CCCCC1=O. The van der Waals surface area contributed by atoms with Gasteiger partial charge < -0.3 is 4.90 Å². The fraction of sp³-hybridized carbons (Fsp3) is 0.909. The number of Topliss-reactive ketones (excluding diaryl/α,β-unsaturated/α-hetero) is 1. The first kappa shape index (κ1) is 10.7. The minimum absolute atomic E-state index is 0.338. The molecule has 1 atom stereocenters. The second kappa shape index (κ2) is 5.38. The predicted octanol–water partition coefficient (Wildman–Crippen LogP) is 2.09. The van der Waals surface area contributed by atoms with E-state index in [0.717, 1.165) is 32.4 Å². The molecule has 2 nitrogen and oxygen atoms in total. The van der Waals surface area contributed by atoms with Crippen molar-refractivity contribution in [2.24, 2.45) is 5.92 Å². The third-order valence-corrected chi connectivity index (χ3v) is 2.82. The van der Waals surface area contributed by atoms with Gasteiger partial charge in [-0.25, -0.2) is 0 Å². The summed E-state index contributed by atoms with van der Waals surface area (Å²) in [5, 5.41) is 0. The first-order valence-electron chi connectivity index (χ1n) is 5.45. The van der Waals surface area contributed by atoms with E-state index in [9.17, 15) is 4.79 Å². The lowest BCUT2D eigenvalue weighted by molar-refractivity contribution is -0.125. The fourth-order valence-electron chi connectivity index (χ4n) is 2.10. The summed E-state index contributed by atoms with van der Waals surface area (Å²) in [6.45, 7) is 4.27. The van der Waals surface area contributed by atoms with Crippen LogP contribution in [0.5, 0.6) is 0 Å². The van der Waals surface area contributed by atoms with Gasteiger partial charge in [0.1, 0.15) is 5.78 Å². The van der Waals surface area contributed by atoms with Crippen molar-refractivity contribution in [1.29, 1.82) is 0 Å². The van der Waals surface area contributed by atoms with Crippen LogP contribution in [0.25, 0.3) is 0 Å². The van der Waals surface area contributed by atoms with Crippen LogP contribution in [0.4, 0.5) is 0 Å². The average Bonchev–Trinajstić information content (AvgIpc) is 2.09. The number of hydrogen-bond donors (Lipinski definition) is 0. The maximum absolute atomic E-state index is 11.5. The Morgan fingerprint density at radius 2 is 2.23 bits per heavy atom. The Balaban J connectivity index is 2.29. The summed E-state index contributed by atoms with van der Waals surface area (Å²) in [6, 6.07) is 0. The summed E-state index contributed by atoms with van der Waals surface area (Å²) in [5.41, 5.74) is 0. The molecule has 0 spiro atoms. The Morgan fingerprint density at radius 3 is 2.85 bits per heavy atom. The van der Waals surface area contributed by atoms with Gasteiger partial charge in [0, 0.05) is 18.9 Å².